The number of benzene rings is 1. The molecule has 0 spiro atoms. The lowest BCUT2D eigenvalue weighted by atomic mass is 9.94. The lowest BCUT2D eigenvalue weighted by Gasteiger charge is -2.31. The number of aryl methyl sites for hydroxylation is 2. The zero-order chi connectivity index (χ0) is 16.0. The SMILES string of the molecule is Cc1cc(C)c2c(c1)N(C(=O)c1cnn3ncccc13)CCC2. The standard InChI is InChI=1S/C18H18N4O/c1-12-9-13(2)14-5-4-8-21(17(14)10-12)18(23)15-11-20-22-16(15)6-3-7-19-22/h3,6-7,9-11H,4-5,8H2,1-2H3. The molecule has 0 unspecified atom stereocenters. The molecule has 5 nitrogen and oxygen atoms in total. The lowest BCUT2D eigenvalue weighted by molar-refractivity contribution is 0.0986. The van der Waals surface area contributed by atoms with Gasteiger partial charge < -0.3 is 4.90 Å². The van der Waals surface area contributed by atoms with E-state index in [0.717, 1.165) is 30.6 Å². The van der Waals surface area contributed by atoms with Crippen molar-refractivity contribution in [3.05, 3.63) is 58.9 Å². The normalized spacial score (nSPS) is 14.1. The third-order valence-corrected chi connectivity index (χ3v) is 4.47. The smallest absolute Gasteiger partial charge is 0.262 e. The van der Waals surface area contributed by atoms with Gasteiger partial charge in [0.25, 0.3) is 5.91 Å². The highest BCUT2D eigenvalue weighted by atomic mass is 16.2. The first kappa shape index (κ1) is 13.9. The molecule has 4 rings (SSSR count). The number of hydrogen-bond donors (Lipinski definition) is 0. The van der Waals surface area contributed by atoms with Crippen molar-refractivity contribution in [1.82, 2.24) is 14.8 Å². The van der Waals surface area contributed by atoms with Crippen molar-refractivity contribution in [3.63, 3.8) is 0 Å². The van der Waals surface area contributed by atoms with E-state index < -0.39 is 0 Å². The summed E-state index contributed by atoms with van der Waals surface area (Å²) in [7, 11) is 0. The largest absolute Gasteiger partial charge is 0.308 e. The van der Waals surface area contributed by atoms with Gasteiger partial charge in [-0.25, -0.2) is 0 Å². The Kier molecular flexibility index (Phi) is 3.15. The van der Waals surface area contributed by atoms with Gasteiger partial charge in [0.1, 0.15) is 5.52 Å². The van der Waals surface area contributed by atoms with Gasteiger partial charge in [0.05, 0.1) is 11.8 Å². The van der Waals surface area contributed by atoms with Crippen LogP contribution in [0.5, 0.6) is 0 Å². The van der Waals surface area contributed by atoms with Gasteiger partial charge in [-0.3, -0.25) is 4.79 Å². The average molecular weight is 306 g/mol. The number of aromatic nitrogens is 3. The molecular weight excluding hydrogens is 288 g/mol. The van der Waals surface area contributed by atoms with Crippen LogP contribution < -0.4 is 4.90 Å². The molecule has 5 heteroatoms. The Labute approximate surface area is 134 Å². The first-order valence-corrected chi connectivity index (χ1v) is 7.86. The zero-order valence-corrected chi connectivity index (χ0v) is 13.3. The predicted molar refractivity (Wildman–Crippen MR) is 88.9 cm³/mol. The summed E-state index contributed by atoms with van der Waals surface area (Å²) in [4.78, 5) is 15.0. The summed E-state index contributed by atoms with van der Waals surface area (Å²) < 4.78 is 1.50. The summed E-state index contributed by atoms with van der Waals surface area (Å²) in [6, 6.07) is 8.00. The summed E-state index contributed by atoms with van der Waals surface area (Å²) in [6.07, 6.45) is 5.29. The first-order chi connectivity index (χ1) is 11.1. The topological polar surface area (TPSA) is 50.5 Å². The fourth-order valence-corrected chi connectivity index (χ4v) is 3.43. The molecule has 0 fully saturated rings. The van der Waals surface area contributed by atoms with E-state index in [-0.39, 0.29) is 5.91 Å². The molecule has 2 aromatic heterocycles. The van der Waals surface area contributed by atoms with E-state index in [0.29, 0.717) is 5.56 Å². The maximum absolute atomic E-state index is 13.1. The molecule has 1 aromatic carbocycles. The molecule has 0 saturated carbocycles. The molecule has 1 amide bonds. The van der Waals surface area contributed by atoms with Crippen LogP contribution in [0.15, 0.2) is 36.7 Å². The Morgan fingerprint density at radius 1 is 1.22 bits per heavy atom. The third kappa shape index (κ3) is 2.20. The van der Waals surface area contributed by atoms with E-state index in [1.165, 1.54) is 21.3 Å². The number of amides is 1. The van der Waals surface area contributed by atoms with Gasteiger partial charge in [-0.1, -0.05) is 6.07 Å². The van der Waals surface area contributed by atoms with E-state index in [2.05, 4.69) is 36.2 Å². The minimum Gasteiger partial charge on any atom is -0.308 e. The number of hydrogen-bond acceptors (Lipinski definition) is 3. The van der Waals surface area contributed by atoms with Crippen LogP contribution in [0.4, 0.5) is 5.69 Å². The van der Waals surface area contributed by atoms with Gasteiger partial charge in [-0.2, -0.15) is 14.8 Å². The maximum Gasteiger partial charge on any atom is 0.262 e. The molecule has 3 aromatic rings. The monoisotopic (exact) mass is 306 g/mol. The molecule has 0 atom stereocenters. The highest BCUT2D eigenvalue weighted by Crippen LogP contribution is 2.32. The molecule has 0 N–H and O–H groups in total. The summed E-state index contributed by atoms with van der Waals surface area (Å²) in [5.74, 6) is -0.000972. The van der Waals surface area contributed by atoms with E-state index in [9.17, 15) is 4.79 Å². The summed E-state index contributed by atoms with van der Waals surface area (Å²) in [5.41, 5.74) is 6.12. The number of carbonyl (C=O) groups is 1. The molecule has 1 aliphatic rings. The average Bonchev–Trinajstić information content (AvgIpc) is 2.97. The number of anilines is 1. The third-order valence-electron chi connectivity index (χ3n) is 4.47. The minimum atomic E-state index is -0.000972. The van der Waals surface area contributed by atoms with Gasteiger partial charge in [-0.05, 0) is 61.6 Å². The Morgan fingerprint density at radius 3 is 2.96 bits per heavy atom. The first-order valence-electron chi connectivity index (χ1n) is 7.86. The number of carbonyl (C=O) groups excluding carboxylic acids is 1. The highest BCUT2D eigenvalue weighted by molar-refractivity contribution is 6.10. The molecule has 23 heavy (non-hydrogen) atoms. The second-order valence-corrected chi connectivity index (χ2v) is 6.10. The van der Waals surface area contributed by atoms with Crippen molar-refractivity contribution in [2.45, 2.75) is 26.7 Å². The van der Waals surface area contributed by atoms with Crippen LogP contribution in [0.3, 0.4) is 0 Å². The van der Waals surface area contributed by atoms with Gasteiger partial charge in [0.15, 0.2) is 0 Å². The van der Waals surface area contributed by atoms with Crippen LogP contribution in [0, 0.1) is 13.8 Å². The predicted octanol–water partition coefficient (Wildman–Crippen LogP) is 2.94. The summed E-state index contributed by atoms with van der Waals surface area (Å²) in [5, 5.41) is 8.32. The minimum absolute atomic E-state index is 0.000972. The molecule has 0 radical (unpaired) electrons. The molecule has 1 aliphatic heterocycles. The number of nitrogens with zero attached hydrogens (tertiary/aromatic N) is 4. The Bertz CT molecular complexity index is 913. The quantitative estimate of drug-likeness (QED) is 0.694. The zero-order valence-electron chi connectivity index (χ0n) is 13.3. The fourth-order valence-electron chi connectivity index (χ4n) is 3.43. The molecule has 3 heterocycles. The van der Waals surface area contributed by atoms with Crippen LogP contribution in [0.25, 0.3) is 5.52 Å². The molecular formula is C18H18N4O. The molecule has 0 bridgehead atoms. The van der Waals surface area contributed by atoms with Crippen molar-refractivity contribution < 1.29 is 4.79 Å². The summed E-state index contributed by atoms with van der Waals surface area (Å²) >= 11 is 0. The lowest BCUT2D eigenvalue weighted by Crippen LogP contribution is -2.35. The fraction of sp³-hybridized carbons (Fsp3) is 0.278. The number of fused-ring (bicyclic) bond motifs is 2. The maximum atomic E-state index is 13.1. The van der Waals surface area contributed by atoms with Gasteiger partial charge in [0.2, 0.25) is 0 Å². The Hall–Kier alpha value is -2.69. The highest BCUT2D eigenvalue weighted by Gasteiger charge is 2.26. The van der Waals surface area contributed by atoms with Gasteiger partial charge in [-0.15, -0.1) is 0 Å². The second kappa shape index (κ2) is 5.19. The van der Waals surface area contributed by atoms with E-state index in [1.54, 1.807) is 12.4 Å². The number of rotatable bonds is 1. The Balaban J connectivity index is 1.82. The van der Waals surface area contributed by atoms with Crippen LogP contribution in [0.1, 0.15) is 33.5 Å². The van der Waals surface area contributed by atoms with E-state index in [4.69, 9.17) is 0 Å². The molecule has 0 saturated heterocycles. The van der Waals surface area contributed by atoms with Crippen LogP contribution in [0.2, 0.25) is 0 Å². The van der Waals surface area contributed by atoms with E-state index in [1.807, 2.05) is 17.0 Å². The second-order valence-electron chi connectivity index (χ2n) is 6.10. The van der Waals surface area contributed by atoms with E-state index >= 15 is 0 Å². The van der Waals surface area contributed by atoms with Crippen molar-refractivity contribution in [2.75, 3.05) is 11.4 Å². The van der Waals surface area contributed by atoms with Crippen LogP contribution in [-0.2, 0) is 6.42 Å². The van der Waals surface area contributed by atoms with Crippen LogP contribution in [-0.4, -0.2) is 27.3 Å². The van der Waals surface area contributed by atoms with Gasteiger partial charge >= 0.3 is 0 Å². The molecule has 0 aliphatic carbocycles. The van der Waals surface area contributed by atoms with Crippen molar-refractivity contribution in [1.29, 1.82) is 0 Å². The molecule has 116 valence electrons. The van der Waals surface area contributed by atoms with Crippen molar-refractivity contribution in [2.24, 2.45) is 0 Å². The van der Waals surface area contributed by atoms with Crippen molar-refractivity contribution >= 4 is 17.1 Å². The van der Waals surface area contributed by atoms with Crippen LogP contribution >= 0.6 is 0 Å². The van der Waals surface area contributed by atoms with Crippen molar-refractivity contribution in [3.8, 4) is 0 Å². The Morgan fingerprint density at radius 2 is 2.09 bits per heavy atom. The van der Waals surface area contributed by atoms with Gasteiger partial charge in [0, 0.05) is 18.4 Å². The summed E-state index contributed by atoms with van der Waals surface area (Å²) in [6.45, 7) is 4.94.